The van der Waals surface area contributed by atoms with Crippen LogP contribution in [0.15, 0.2) is 381 Å². The number of halogens is 2. The van der Waals surface area contributed by atoms with Crippen molar-refractivity contribution in [1.29, 1.82) is 0 Å². The summed E-state index contributed by atoms with van der Waals surface area (Å²) in [4.78, 5) is 48.9. The second-order valence-electron chi connectivity index (χ2n) is 32.3. The van der Waals surface area contributed by atoms with E-state index in [1.54, 1.807) is 67.2 Å². The van der Waals surface area contributed by atoms with Crippen molar-refractivity contribution in [2.75, 3.05) is 42.7 Å². The van der Waals surface area contributed by atoms with Crippen LogP contribution in [-0.4, -0.2) is 97.5 Å². The fourth-order valence-corrected chi connectivity index (χ4v) is 14.9. The van der Waals surface area contributed by atoms with Crippen LogP contribution in [0.4, 0.5) is 4.39 Å². The van der Waals surface area contributed by atoms with Gasteiger partial charge in [0.05, 0.1) is 121 Å². The first-order valence-electron chi connectivity index (χ1n) is 45.9. The van der Waals surface area contributed by atoms with E-state index in [0.29, 0.717) is 11.6 Å². The Morgan fingerprint density at radius 3 is 1.08 bits per heavy atom. The van der Waals surface area contributed by atoms with Crippen molar-refractivity contribution < 1.29 is 32.8 Å². The van der Waals surface area contributed by atoms with Gasteiger partial charge in [-0.2, -0.15) is 0 Å². The topological polar surface area (TPSA) is 197 Å². The van der Waals surface area contributed by atoms with Crippen molar-refractivity contribution in [3.63, 3.8) is 0 Å². The Labute approximate surface area is 839 Å². The van der Waals surface area contributed by atoms with Gasteiger partial charge in [-0.25, -0.2) is 44.3 Å². The number of fused-ring (bicyclic) bond motifs is 7. The Hall–Kier alpha value is -18.1. The fourth-order valence-electron chi connectivity index (χ4n) is 14.5. The van der Waals surface area contributed by atoms with Crippen LogP contribution in [0.25, 0.3) is 149 Å². The molecule has 0 N–H and O–H groups in total. The molecule has 0 saturated carbocycles. The van der Waals surface area contributed by atoms with Gasteiger partial charge in [0.15, 0.2) is 0 Å². The summed E-state index contributed by atoms with van der Waals surface area (Å²) in [6.45, 7) is 6.07. The molecule has 0 bridgehead atoms. The molecule has 0 amide bonds. The van der Waals surface area contributed by atoms with Crippen molar-refractivity contribution in [2.45, 2.75) is 20.8 Å². The van der Waals surface area contributed by atoms with Crippen molar-refractivity contribution in [2.24, 2.45) is 0 Å². The molecule has 0 unspecified atom stereocenters. The predicted molar refractivity (Wildman–Crippen MR) is 589 cm³/mol. The van der Waals surface area contributed by atoms with Crippen LogP contribution in [-0.2, 0) is 0 Å². The monoisotopic (exact) mass is 1940 g/mol. The van der Waals surface area contributed by atoms with Gasteiger partial charge >= 0.3 is 0 Å². The maximum Gasteiger partial charge on any atom is 0.214 e. The molecule has 0 atom stereocenters. The lowest BCUT2D eigenvalue weighted by molar-refractivity contribution is 0.398. The van der Waals surface area contributed by atoms with Crippen molar-refractivity contribution in [3.05, 3.63) is 483 Å². The van der Waals surface area contributed by atoms with Gasteiger partial charge in [-0.1, -0.05) is 186 Å². The van der Waals surface area contributed by atoms with Crippen LogP contribution in [0.5, 0.6) is 34.6 Å². The quantitative estimate of drug-likeness (QED) is 0.0735. The van der Waals surface area contributed by atoms with E-state index in [2.05, 4.69) is 156 Å². The Kier molecular flexibility index (Phi) is 35.3. The predicted octanol–water partition coefficient (Wildman–Crippen LogP) is 29.5. The van der Waals surface area contributed by atoms with Crippen LogP contribution in [0.1, 0.15) is 95.9 Å². The summed E-state index contributed by atoms with van der Waals surface area (Å²) < 4.78 is 45.3. The molecular weight excluding hydrogens is 1840 g/mol. The van der Waals surface area contributed by atoms with Crippen LogP contribution in [0, 0.1) is 38.4 Å². The highest BCUT2D eigenvalue weighted by Crippen LogP contribution is 2.29. The third-order valence-electron chi connectivity index (χ3n) is 22.2. The third-order valence-corrected chi connectivity index (χ3v) is 22.7. The van der Waals surface area contributed by atoms with Crippen molar-refractivity contribution >= 4 is 165 Å². The molecule has 143 heavy (non-hydrogen) atoms. The number of pyridine rings is 11. The standard InChI is InChI=1S/C19H17NO.C18H14N2O2.2C18H16N2O.C17H12BrN.C17H12FN.C17H14N2O/c1-14-5-3-4-6-15(14)7-9-17-10-8-16-13-18(21-2)11-12-19(16)20-17;1-21-16-7-8-17-14(12-16)4-6-15(20-17)5-3-13-9-10-19-18(11-13)22-2;1-13-11-14(9-10-19-13)3-5-16-6-4-15-12-17(21-2)7-8-18(15)20-16;1-13-3-4-14(12-19-13)5-7-16-8-6-15-11-17(21-2)9-10-18(15)20-16;2*18-15-8-11-17-14(12-15)7-10-16(19-17)9-6-13-4-2-1-3-5-13;1-20-16-9-10-17-13(12-16)5-6-15(19-17)8-7-14-4-2-3-11-18-14/h3-13H,1-2H3;4,6-12H,1-2H3;2*3-12H,1-2H3;2*1-12H;2-12H,1H3/b9-7+;;5-3+;7-5+;2*9-6+;8-7+. The number of hydrogen-bond acceptors (Lipinski definition) is 17. The molecule has 10 aromatic carbocycles. The molecule has 702 valence electrons. The maximum atomic E-state index is 13.1. The highest BCUT2D eigenvalue weighted by molar-refractivity contribution is 9.10. The van der Waals surface area contributed by atoms with E-state index in [1.807, 2.05) is 360 Å². The molecule has 0 aliphatic rings. The van der Waals surface area contributed by atoms with Gasteiger partial charge in [0.2, 0.25) is 5.88 Å². The van der Waals surface area contributed by atoms with Gasteiger partial charge in [-0.05, 0) is 315 Å². The van der Waals surface area contributed by atoms with Crippen LogP contribution in [0.2, 0.25) is 0 Å². The zero-order chi connectivity index (χ0) is 99.3. The minimum absolute atomic E-state index is 0.234. The van der Waals surface area contributed by atoms with E-state index in [4.69, 9.17) is 28.4 Å². The molecule has 0 radical (unpaired) electrons. The molecule has 0 aliphatic heterocycles. The Balaban J connectivity index is 0.000000126. The second kappa shape index (κ2) is 50.8. The lowest BCUT2D eigenvalue weighted by atomic mass is 10.1. The first-order valence-corrected chi connectivity index (χ1v) is 46.7. The van der Waals surface area contributed by atoms with Gasteiger partial charge in [-0.15, -0.1) is 0 Å². The second-order valence-corrected chi connectivity index (χ2v) is 33.2. The number of hydrogen-bond donors (Lipinski definition) is 0. The van der Waals surface area contributed by atoms with E-state index in [-0.39, 0.29) is 5.82 Å². The fraction of sp³-hybridized carbons (Fsp3) is 0.0726. The molecular formula is C124H101BrFN11O6. The summed E-state index contributed by atoms with van der Waals surface area (Å²) in [5.41, 5.74) is 23.6. The molecule has 0 fully saturated rings. The van der Waals surface area contributed by atoms with E-state index in [1.165, 1.54) is 28.8 Å². The lowest BCUT2D eigenvalue weighted by Crippen LogP contribution is -1.88. The third kappa shape index (κ3) is 29.9. The first kappa shape index (κ1) is 99.4. The largest absolute Gasteiger partial charge is 0.497 e. The summed E-state index contributed by atoms with van der Waals surface area (Å²) >= 11 is 3.47. The average Bonchev–Trinajstić information content (AvgIpc) is 0.838. The minimum Gasteiger partial charge on any atom is -0.497 e. The summed E-state index contributed by atoms with van der Waals surface area (Å²) in [6.07, 6.45) is 31.4. The number of aromatic nitrogens is 11. The number of methoxy groups -OCH3 is 6. The summed E-state index contributed by atoms with van der Waals surface area (Å²) in [7, 11) is 9.91. The van der Waals surface area contributed by atoms with E-state index in [0.717, 1.165) is 183 Å². The van der Waals surface area contributed by atoms with Gasteiger partial charge in [0.1, 0.15) is 40.3 Å². The smallest absolute Gasteiger partial charge is 0.214 e. The summed E-state index contributed by atoms with van der Waals surface area (Å²) in [6, 6.07) is 114. The average molecular weight is 1940 g/mol. The number of benzene rings is 10. The van der Waals surface area contributed by atoms with Crippen molar-refractivity contribution in [3.8, 4) is 46.5 Å². The summed E-state index contributed by atoms with van der Waals surface area (Å²) in [5.74, 6) is 10.6. The van der Waals surface area contributed by atoms with Crippen molar-refractivity contribution in [1.82, 2.24) is 54.8 Å². The van der Waals surface area contributed by atoms with Gasteiger partial charge < -0.3 is 28.4 Å². The van der Waals surface area contributed by atoms with Crippen LogP contribution in [0.3, 0.4) is 0 Å². The zero-order valence-corrected chi connectivity index (χ0v) is 81.9. The molecule has 21 aromatic rings. The van der Waals surface area contributed by atoms with E-state index >= 15 is 0 Å². The Morgan fingerprint density at radius 2 is 0.643 bits per heavy atom. The normalized spacial score (nSPS) is 11.0. The van der Waals surface area contributed by atoms with Crippen LogP contribution < -0.4 is 28.4 Å². The highest BCUT2D eigenvalue weighted by Gasteiger charge is 2.09. The molecule has 11 aromatic heterocycles. The number of aryl methyl sites for hydroxylation is 3. The van der Waals surface area contributed by atoms with E-state index in [9.17, 15) is 4.39 Å². The first-order chi connectivity index (χ1) is 70.0. The minimum atomic E-state index is -0.234. The molecule has 0 spiro atoms. The van der Waals surface area contributed by atoms with Crippen LogP contribution >= 0.6 is 15.9 Å². The number of rotatable bonds is 18. The van der Waals surface area contributed by atoms with Gasteiger partial charge in [0, 0.05) is 90.0 Å². The zero-order valence-electron chi connectivity index (χ0n) is 80.3. The Bertz CT molecular complexity index is 8070. The molecule has 19 heteroatoms. The SMILES string of the molecule is Brc1ccc2nc(/C=C/c3ccccc3)ccc2c1.COc1ccc2nc(/C=C/c3ccc(C)nc3)ccc2c1.COc1ccc2nc(/C=C/c3ccccc3C)ccc2c1.COc1ccc2nc(/C=C/c3ccccn3)ccc2c1.COc1ccc2nc(/C=C/c3ccnc(C)c3)ccc2c1.COc1ccc2nc(C#Cc3ccnc(OC)c3)ccc2c1.Fc1ccc2nc(/C=C/c3ccccc3)ccc2c1. The molecule has 21 rings (SSSR count). The Morgan fingerprint density at radius 1 is 0.252 bits per heavy atom. The number of nitrogens with zero attached hydrogens (tertiary/aromatic N) is 11. The maximum absolute atomic E-state index is 13.1. The highest BCUT2D eigenvalue weighted by atomic mass is 79.9. The van der Waals surface area contributed by atoms with Gasteiger partial charge in [-0.3, -0.25) is 15.0 Å². The molecule has 11 heterocycles. The van der Waals surface area contributed by atoms with Gasteiger partial charge in [0.25, 0.3) is 0 Å². The molecule has 0 aliphatic carbocycles. The lowest BCUT2D eigenvalue weighted by Gasteiger charge is -2.03. The van der Waals surface area contributed by atoms with E-state index < -0.39 is 0 Å². The number of ether oxygens (including phenoxy) is 6. The molecule has 17 nitrogen and oxygen atoms in total. The summed E-state index contributed by atoms with van der Waals surface area (Å²) in [5, 5.41) is 7.29. The molecule has 0 saturated heterocycles.